The van der Waals surface area contributed by atoms with Crippen molar-refractivity contribution in [2.45, 2.75) is 18.7 Å². The fourth-order valence-electron chi connectivity index (χ4n) is 2.77. The summed E-state index contributed by atoms with van der Waals surface area (Å²) in [6.07, 6.45) is 0. The monoisotopic (exact) mass is 345 g/mol. The number of aromatic hydroxyl groups is 1. The summed E-state index contributed by atoms with van der Waals surface area (Å²) in [4.78, 5) is 11.6. The summed E-state index contributed by atoms with van der Waals surface area (Å²) in [6.45, 7) is 3.28. The molecule has 0 spiro atoms. The molecule has 0 aliphatic heterocycles. The molecular weight excluding hydrogens is 330 g/mol. The lowest BCUT2D eigenvalue weighted by molar-refractivity contribution is 0.0698. The number of hydrogen-bond donors (Lipinski definition) is 2. The van der Waals surface area contributed by atoms with Crippen molar-refractivity contribution >= 4 is 26.9 Å². The largest absolute Gasteiger partial charge is 0.508 e. The van der Waals surface area contributed by atoms with Crippen LogP contribution in [0.4, 0.5) is 0 Å². The maximum Gasteiger partial charge on any atom is 0.338 e. The van der Waals surface area contributed by atoms with E-state index in [1.54, 1.807) is 12.1 Å². The van der Waals surface area contributed by atoms with E-state index in [2.05, 4.69) is 0 Å². The molecule has 3 rings (SSSR count). The van der Waals surface area contributed by atoms with E-state index in [1.165, 1.54) is 37.3 Å². The van der Waals surface area contributed by atoms with Crippen LogP contribution in [0.15, 0.2) is 47.4 Å². The number of benzene rings is 2. The summed E-state index contributed by atoms with van der Waals surface area (Å²) < 4.78 is 27.0. The standard InChI is InChI=1S/C17H15NO5S/c1-10-3-6-13(7-4-10)24(22,23)18-11(2)16(17(20)21)14-9-12(19)5-8-15(14)18/h3-9,19H,1-2H3,(H,20,21). The van der Waals surface area contributed by atoms with Gasteiger partial charge in [-0.1, -0.05) is 17.7 Å². The molecule has 0 aliphatic rings. The van der Waals surface area contributed by atoms with Gasteiger partial charge in [-0.05, 0) is 44.2 Å². The molecule has 6 nitrogen and oxygen atoms in total. The Morgan fingerprint density at radius 3 is 2.25 bits per heavy atom. The van der Waals surface area contributed by atoms with Crippen molar-refractivity contribution in [3.05, 3.63) is 59.3 Å². The number of carboxylic acids is 1. The van der Waals surface area contributed by atoms with Crippen molar-refractivity contribution in [3.8, 4) is 5.75 Å². The van der Waals surface area contributed by atoms with Gasteiger partial charge >= 0.3 is 5.97 Å². The van der Waals surface area contributed by atoms with Gasteiger partial charge in [0.1, 0.15) is 5.75 Å². The molecule has 1 aromatic heterocycles. The first-order valence-corrected chi connectivity index (χ1v) is 8.57. The van der Waals surface area contributed by atoms with Crippen LogP contribution in [0.3, 0.4) is 0 Å². The Morgan fingerprint density at radius 2 is 1.67 bits per heavy atom. The second-order valence-electron chi connectivity index (χ2n) is 5.55. The van der Waals surface area contributed by atoms with Crippen LogP contribution in [0.25, 0.3) is 10.9 Å². The zero-order chi connectivity index (χ0) is 17.6. The van der Waals surface area contributed by atoms with E-state index in [9.17, 15) is 23.4 Å². The minimum absolute atomic E-state index is 0.0677. The predicted octanol–water partition coefficient (Wildman–Crippen LogP) is 2.90. The van der Waals surface area contributed by atoms with E-state index < -0.39 is 16.0 Å². The van der Waals surface area contributed by atoms with Gasteiger partial charge in [0.15, 0.2) is 0 Å². The zero-order valence-corrected chi connectivity index (χ0v) is 13.8. The number of aromatic nitrogens is 1. The minimum atomic E-state index is -3.97. The van der Waals surface area contributed by atoms with Crippen molar-refractivity contribution in [1.82, 2.24) is 3.97 Å². The van der Waals surface area contributed by atoms with Gasteiger partial charge in [0.05, 0.1) is 16.0 Å². The number of carboxylic acid groups (broad SMARTS) is 1. The van der Waals surface area contributed by atoms with E-state index >= 15 is 0 Å². The zero-order valence-electron chi connectivity index (χ0n) is 13.0. The third-order valence-corrected chi connectivity index (χ3v) is 5.73. The van der Waals surface area contributed by atoms with Crippen LogP contribution in [-0.4, -0.2) is 28.6 Å². The van der Waals surface area contributed by atoms with Gasteiger partial charge in [0.25, 0.3) is 10.0 Å². The molecule has 0 saturated heterocycles. The summed E-state index contributed by atoms with van der Waals surface area (Å²) >= 11 is 0. The summed E-state index contributed by atoms with van der Waals surface area (Å²) in [7, 11) is -3.97. The molecule has 3 aromatic rings. The molecule has 124 valence electrons. The number of aryl methyl sites for hydroxylation is 1. The second kappa shape index (κ2) is 5.38. The third-order valence-electron chi connectivity index (χ3n) is 3.91. The number of hydrogen-bond acceptors (Lipinski definition) is 4. The van der Waals surface area contributed by atoms with Crippen LogP contribution in [0, 0.1) is 13.8 Å². The van der Waals surface area contributed by atoms with E-state index in [-0.39, 0.29) is 32.8 Å². The smallest absolute Gasteiger partial charge is 0.338 e. The van der Waals surface area contributed by atoms with Crippen LogP contribution in [0.1, 0.15) is 21.6 Å². The van der Waals surface area contributed by atoms with Crippen molar-refractivity contribution in [2.75, 3.05) is 0 Å². The molecule has 0 unspecified atom stereocenters. The fourth-order valence-corrected chi connectivity index (χ4v) is 4.33. The normalized spacial score (nSPS) is 11.8. The topological polar surface area (TPSA) is 96.6 Å². The minimum Gasteiger partial charge on any atom is -0.508 e. The number of rotatable bonds is 3. The Kier molecular flexibility index (Phi) is 3.60. The number of nitrogens with zero attached hydrogens (tertiary/aromatic N) is 1. The summed E-state index contributed by atoms with van der Waals surface area (Å²) in [5.74, 6) is -1.38. The Morgan fingerprint density at radius 1 is 1.04 bits per heavy atom. The molecule has 2 N–H and O–H groups in total. The van der Waals surface area contributed by atoms with Crippen molar-refractivity contribution in [1.29, 1.82) is 0 Å². The molecule has 0 fully saturated rings. The average molecular weight is 345 g/mol. The lowest BCUT2D eigenvalue weighted by Gasteiger charge is -2.10. The fraction of sp³-hybridized carbons (Fsp3) is 0.118. The Labute approximate surface area is 138 Å². The number of phenols is 1. The number of carbonyl (C=O) groups is 1. The van der Waals surface area contributed by atoms with Crippen molar-refractivity contribution in [3.63, 3.8) is 0 Å². The maximum absolute atomic E-state index is 13.0. The lowest BCUT2D eigenvalue weighted by atomic mass is 10.1. The number of phenolic OH excluding ortho intramolecular Hbond substituents is 1. The molecule has 0 radical (unpaired) electrons. The Hall–Kier alpha value is -2.80. The van der Waals surface area contributed by atoms with Crippen LogP contribution >= 0.6 is 0 Å². The van der Waals surface area contributed by atoms with Crippen molar-refractivity contribution < 1.29 is 23.4 Å². The number of fused-ring (bicyclic) bond motifs is 1. The molecule has 24 heavy (non-hydrogen) atoms. The quantitative estimate of drug-likeness (QED) is 0.761. The molecule has 7 heteroatoms. The van der Waals surface area contributed by atoms with E-state index in [0.29, 0.717) is 0 Å². The van der Waals surface area contributed by atoms with Gasteiger partial charge in [0, 0.05) is 11.1 Å². The Balaban J connectivity index is 2.40. The first-order valence-electron chi connectivity index (χ1n) is 7.13. The van der Waals surface area contributed by atoms with Crippen molar-refractivity contribution in [2.24, 2.45) is 0 Å². The lowest BCUT2D eigenvalue weighted by Crippen LogP contribution is -2.15. The van der Waals surface area contributed by atoms with Gasteiger partial charge in [-0.25, -0.2) is 17.2 Å². The van der Waals surface area contributed by atoms with E-state index in [1.807, 2.05) is 6.92 Å². The molecule has 0 amide bonds. The molecule has 0 aliphatic carbocycles. The molecule has 0 saturated carbocycles. The SMILES string of the molecule is Cc1ccc(S(=O)(=O)n2c(C)c(C(=O)O)c3cc(O)ccc32)cc1. The van der Waals surface area contributed by atoms with Crippen LogP contribution in [0.2, 0.25) is 0 Å². The van der Waals surface area contributed by atoms with Gasteiger partial charge < -0.3 is 10.2 Å². The van der Waals surface area contributed by atoms with Gasteiger partial charge in [0.2, 0.25) is 0 Å². The molecule has 0 bridgehead atoms. The first kappa shape index (κ1) is 16.1. The first-order chi connectivity index (χ1) is 11.2. The highest BCUT2D eigenvalue weighted by atomic mass is 32.2. The molecular formula is C17H15NO5S. The van der Waals surface area contributed by atoms with Gasteiger partial charge in [-0.2, -0.15) is 0 Å². The summed E-state index contributed by atoms with van der Waals surface area (Å²) in [5.41, 5.74) is 1.07. The van der Waals surface area contributed by atoms with Gasteiger partial charge in [-0.15, -0.1) is 0 Å². The highest BCUT2D eigenvalue weighted by Crippen LogP contribution is 2.32. The van der Waals surface area contributed by atoms with E-state index in [0.717, 1.165) is 9.54 Å². The van der Waals surface area contributed by atoms with Crippen LogP contribution in [-0.2, 0) is 10.0 Å². The maximum atomic E-state index is 13.0. The average Bonchev–Trinajstić information content (AvgIpc) is 2.79. The van der Waals surface area contributed by atoms with Gasteiger partial charge in [-0.3, -0.25) is 0 Å². The highest BCUT2D eigenvalue weighted by molar-refractivity contribution is 7.90. The molecule has 2 aromatic carbocycles. The summed E-state index contributed by atoms with van der Waals surface area (Å²) in [5, 5.41) is 19.3. The Bertz CT molecular complexity index is 1060. The van der Waals surface area contributed by atoms with Crippen LogP contribution in [0.5, 0.6) is 5.75 Å². The van der Waals surface area contributed by atoms with Crippen LogP contribution < -0.4 is 0 Å². The predicted molar refractivity (Wildman–Crippen MR) is 89.1 cm³/mol. The molecule has 0 atom stereocenters. The number of aromatic carboxylic acids is 1. The second-order valence-corrected chi connectivity index (χ2v) is 7.34. The molecule has 1 heterocycles. The summed E-state index contributed by atoms with van der Waals surface area (Å²) in [6, 6.07) is 10.3. The third kappa shape index (κ3) is 2.33. The van der Waals surface area contributed by atoms with E-state index in [4.69, 9.17) is 0 Å². The highest BCUT2D eigenvalue weighted by Gasteiger charge is 2.27.